The zero-order valence-electron chi connectivity index (χ0n) is 13.9. The van der Waals surface area contributed by atoms with E-state index in [2.05, 4.69) is 10.4 Å². The van der Waals surface area contributed by atoms with Crippen molar-refractivity contribution < 1.29 is 4.79 Å². The number of amides is 1. The van der Waals surface area contributed by atoms with Crippen LogP contribution in [0.5, 0.6) is 0 Å². The SMILES string of the molecule is CN(C)c1ccc(Cl)cc1NC(=O)Cn1ncc2ccccc2c1=O. The molecule has 3 rings (SSSR count). The first-order chi connectivity index (χ1) is 12.0. The highest BCUT2D eigenvalue weighted by atomic mass is 35.5. The number of carbonyl (C=O) groups is 1. The maximum Gasteiger partial charge on any atom is 0.275 e. The fraction of sp³-hybridized carbons (Fsp3) is 0.167. The van der Waals surface area contributed by atoms with Crippen LogP contribution in [0.4, 0.5) is 11.4 Å². The molecule has 0 spiro atoms. The number of halogens is 1. The Kier molecular flexibility index (Phi) is 4.72. The molecule has 1 N–H and O–H groups in total. The summed E-state index contributed by atoms with van der Waals surface area (Å²) in [6, 6.07) is 12.4. The molecule has 2 aromatic carbocycles. The summed E-state index contributed by atoms with van der Waals surface area (Å²) < 4.78 is 1.15. The Balaban J connectivity index is 1.86. The molecule has 0 unspecified atom stereocenters. The van der Waals surface area contributed by atoms with E-state index in [1.807, 2.05) is 37.2 Å². The number of aromatic nitrogens is 2. The van der Waals surface area contributed by atoms with Crippen LogP contribution in [0.1, 0.15) is 0 Å². The van der Waals surface area contributed by atoms with Crippen LogP contribution >= 0.6 is 11.6 Å². The molecule has 128 valence electrons. The van der Waals surface area contributed by atoms with Gasteiger partial charge >= 0.3 is 0 Å². The van der Waals surface area contributed by atoms with Crippen LogP contribution in [0, 0.1) is 0 Å². The van der Waals surface area contributed by atoms with Crippen molar-refractivity contribution in [3.05, 3.63) is 64.0 Å². The van der Waals surface area contributed by atoms with Crippen molar-refractivity contribution in [2.45, 2.75) is 6.54 Å². The van der Waals surface area contributed by atoms with Gasteiger partial charge in [-0.3, -0.25) is 9.59 Å². The number of nitrogens with zero attached hydrogens (tertiary/aromatic N) is 3. The van der Waals surface area contributed by atoms with E-state index >= 15 is 0 Å². The number of nitrogens with one attached hydrogen (secondary N) is 1. The third-order valence-electron chi connectivity index (χ3n) is 3.77. The van der Waals surface area contributed by atoms with E-state index in [1.54, 1.807) is 30.5 Å². The van der Waals surface area contributed by atoms with Gasteiger partial charge in [-0.05, 0) is 24.3 Å². The lowest BCUT2D eigenvalue weighted by atomic mass is 10.2. The minimum Gasteiger partial charge on any atom is -0.376 e. The Morgan fingerprint density at radius 1 is 1.24 bits per heavy atom. The Morgan fingerprint density at radius 3 is 2.76 bits per heavy atom. The first-order valence-corrected chi connectivity index (χ1v) is 8.05. The Morgan fingerprint density at radius 2 is 2.00 bits per heavy atom. The summed E-state index contributed by atoms with van der Waals surface area (Å²) in [5, 5.41) is 8.65. The largest absolute Gasteiger partial charge is 0.376 e. The van der Waals surface area contributed by atoms with Crippen molar-refractivity contribution >= 4 is 39.7 Å². The summed E-state index contributed by atoms with van der Waals surface area (Å²) >= 11 is 6.02. The van der Waals surface area contributed by atoms with Gasteiger partial charge < -0.3 is 10.2 Å². The maximum absolute atomic E-state index is 12.4. The molecule has 1 aromatic heterocycles. The smallest absolute Gasteiger partial charge is 0.275 e. The lowest BCUT2D eigenvalue weighted by molar-refractivity contribution is -0.117. The topological polar surface area (TPSA) is 67.2 Å². The molecule has 25 heavy (non-hydrogen) atoms. The number of fused-ring (bicyclic) bond motifs is 1. The van der Waals surface area contributed by atoms with E-state index in [0.29, 0.717) is 16.1 Å². The van der Waals surface area contributed by atoms with E-state index in [-0.39, 0.29) is 18.0 Å². The molecular weight excluding hydrogens is 340 g/mol. The zero-order chi connectivity index (χ0) is 18.0. The summed E-state index contributed by atoms with van der Waals surface area (Å²) in [5.74, 6) is -0.352. The zero-order valence-corrected chi connectivity index (χ0v) is 14.6. The third kappa shape index (κ3) is 3.64. The van der Waals surface area contributed by atoms with Gasteiger partial charge in [0.25, 0.3) is 5.56 Å². The number of anilines is 2. The van der Waals surface area contributed by atoms with Crippen molar-refractivity contribution in [3.63, 3.8) is 0 Å². The van der Waals surface area contributed by atoms with E-state index in [0.717, 1.165) is 15.8 Å². The fourth-order valence-corrected chi connectivity index (χ4v) is 2.74. The summed E-state index contributed by atoms with van der Waals surface area (Å²) in [5.41, 5.74) is 1.10. The molecule has 0 atom stereocenters. The van der Waals surface area contributed by atoms with Gasteiger partial charge in [0.05, 0.1) is 23.0 Å². The summed E-state index contributed by atoms with van der Waals surface area (Å²) in [6.07, 6.45) is 1.58. The number of hydrogen-bond acceptors (Lipinski definition) is 4. The molecule has 1 heterocycles. The minimum absolute atomic E-state index is 0.178. The average Bonchev–Trinajstić information content (AvgIpc) is 2.57. The number of benzene rings is 2. The molecule has 0 radical (unpaired) electrons. The normalized spacial score (nSPS) is 10.7. The lowest BCUT2D eigenvalue weighted by Gasteiger charge is -2.18. The molecular formula is C18H17ClN4O2. The predicted molar refractivity (Wildman–Crippen MR) is 100 cm³/mol. The van der Waals surface area contributed by atoms with Crippen molar-refractivity contribution in [2.75, 3.05) is 24.3 Å². The van der Waals surface area contributed by atoms with Crippen LogP contribution in [-0.2, 0) is 11.3 Å². The molecule has 0 aliphatic heterocycles. The summed E-state index contributed by atoms with van der Waals surface area (Å²) in [7, 11) is 3.74. The molecule has 0 saturated heterocycles. The van der Waals surface area contributed by atoms with Gasteiger partial charge in [0, 0.05) is 24.5 Å². The van der Waals surface area contributed by atoms with Gasteiger partial charge in [-0.2, -0.15) is 5.10 Å². The van der Waals surface area contributed by atoms with Gasteiger partial charge in [0.2, 0.25) is 5.91 Å². The Bertz CT molecular complexity index is 998. The quantitative estimate of drug-likeness (QED) is 0.780. The number of hydrogen-bond donors (Lipinski definition) is 1. The van der Waals surface area contributed by atoms with E-state index in [9.17, 15) is 9.59 Å². The second kappa shape index (κ2) is 6.94. The molecule has 3 aromatic rings. The van der Waals surface area contributed by atoms with E-state index in [4.69, 9.17) is 11.6 Å². The predicted octanol–water partition coefficient (Wildman–Crippen LogP) is 2.75. The Hall–Kier alpha value is -2.86. The lowest BCUT2D eigenvalue weighted by Crippen LogP contribution is -2.29. The molecule has 0 aliphatic rings. The van der Waals surface area contributed by atoms with Gasteiger partial charge in [-0.25, -0.2) is 4.68 Å². The Labute approximate surface area is 149 Å². The van der Waals surface area contributed by atoms with E-state index < -0.39 is 0 Å². The van der Waals surface area contributed by atoms with Crippen LogP contribution in [0.3, 0.4) is 0 Å². The van der Waals surface area contributed by atoms with Crippen LogP contribution < -0.4 is 15.8 Å². The summed E-state index contributed by atoms with van der Waals surface area (Å²) in [4.78, 5) is 26.7. The van der Waals surface area contributed by atoms with Crippen LogP contribution in [0.25, 0.3) is 10.8 Å². The molecule has 7 heteroatoms. The van der Waals surface area contributed by atoms with Gasteiger partial charge in [-0.15, -0.1) is 0 Å². The number of rotatable bonds is 4. The third-order valence-corrected chi connectivity index (χ3v) is 4.00. The van der Waals surface area contributed by atoms with Crippen molar-refractivity contribution in [1.29, 1.82) is 0 Å². The van der Waals surface area contributed by atoms with Crippen molar-refractivity contribution in [2.24, 2.45) is 0 Å². The van der Waals surface area contributed by atoms with Crippen molar-refractivity contribution in [3.8, 4) is 0 Å². The molecule has 0 fully saturated rings. The highest BCUT2D eigenvalue weighted by molar-refractivity contribution is 6.31. The van der Waals surface area contributed by atoms with Crippen LogP contribution in [0.15, 0.2) is 53.5 Å². The molecule has 0 bridgehead atoms. The summed E-state index contributed by atoms with van der Waals surface area (Å²) in [6.45, 7) is -0.178. The second-order valence-electron chi connectivity index (χ2n) is 5.80. The molecule has 6 nitrogen and oxygen atoms in total. The van der Waals surface area contributed by atoms with E-state index in [1.165, 1.54) is 0 Å². The highest BCUT2D eigenvalue weighted by Gasteiger charge is 2.12. The van der Waals surface area contributed by atoms with Crippen LogP contribution in [-0.4, -0.2) is 29.8 Å². The molecule has 0 saturated carbocycles. The maximum atomic E-state index is 12.4. The minimum atomic E-state index is -0.352. The van der Waals surface area contributed by atoms with Gasteiger partial charge in [0.1, 0.15) is 6.54 Å². The number of carbonyl (C=O) groups excluding carboxylic acids is 1. The molecule has 1 amide bonds. The first-order valence-electron chi connectivity index (χ1n) is 7.67. The standard InChI is InChI=1S/C18H17ClN4O2/c1-22(2)16-8-7-13(19)9-15(16)21-17(24)11-23-18(25)14-6-4-3-5-12(14)10-20-23/h3-10H,11H2,1-2H3,(H,21,24). The first kappa shape index (κ1) is 17.0. The van der Waals surface area contributed by atoms with Gasteiger partial charge in [-0.1, -0.05) is 29.8 Å². The average molecular weight is 357 g/mol. The second-order valence-corrected chi connectivity index (χ2v) is 6.24. The molecule has 0 aliphatic carbocycles. The van der Waals surface area contributed by atoms with Gasteiger partial charge in [0.15, 0.2) is 0 Å². The van der Waals surface area contributed by atoms with Crippen LogP contribution in [0.2, 0.25) is 5.02 Å². The highest BCUT2D eigenvalue weighted by Crippen LogP contribution is 2.27. The van der Waals surface area contributed by atoms with Crippen molar-refractivity contribution in [1.82, 2.24) is 9.78 Å². The monoisotopic (exact) mass is 356 g/mol. The fourth-order valence-electron chi connectivity index (χ4n) is 2.56.